The molecule has 1 nitrogen and oxygen atoms in total. The zero-order valence-electron chi connectivity index (χ0n) is 5.59. The van der Waals surface area contributed by atoms with Crippen molar-refractivity contribution in [3.63, 3.8) is 0 Å². The molecule has 0 atom stereocenters. The quantitative estimate of drug-likeness (QED) is 0.527. The first-order chi connectivity index (χ1) is 4.86. The summed E-state index contributed by atoms with van der Waals surface area (Å²) in [5, 5.41) is 0. The summed E-state index contributed by atoms with van der Waals surface area (Å²) in [5.41, 5.74) is 1.36. The molecule has 52 valence electrons. The number of ketones is 1. The largest absolute Gasteiger partial charge is 0.294 e. The second kappa shape index (κ2) is 2.27. The van der Waals surface area contributed by atoms with E-state index in [-0.39, 0.29) is 5.78 Å². The lowest BCUT2D eigenvalue weighted by Crippen LogP contribution is -1.99. The summed E-state index contributed by atoms with van der Waals surface area (Å²) in [6, 6.07) is 0. The number of hydrogen-bond donors (Lipinski definition) is 0. The monoisotopic (exact) mass is 152 g/mol. The van der Waals surface area contributed by atoms with Crippen LogP contribution in [0.2, 0.25) is 0 Å². The van der Waals surface area contributed by atoms with Crippen LogP contribution in [0, 0.1) is 0 Å². The molecule has 0 radical (unpaired) electrons. The molecule has 0 aromatic heterocycles. The number of hydrogen-bond acceptors (Lipinski definition) is 2. The minimum absolute atomic E-state index is 0.265. The Morgan fingerprint density at radius 2 is 2.30 bits per heavy atom. The van der Waals surface area contributed by atoms with Crippen molar-refractivity contribution in [3.8, 4) is 0 Å². The van der Waals surface area contributed by atoms with Gasteiger partial charge in [-0.3, -0.25) is 4.79 Å². The molecule has 0 saturated carbocycles. The van der Waals surface area contributed by atoms with Gasteiger partial charge in [0.15, 0.2) is 5.78 Å². The van der Waals surface area contributed by atoms with E-state index in [9.17, 15) is 4.79 Å². The number of thioether (sulfide) groups is 1. The van der Waals surface area contributed by atoms with E-state index in [4.69, 9.17) is 0 Å². The van der Waals surface area contributed by atoms with Crippen LogP contribution >= 0.6 is 11.8 Å². The molecule has 0 fully saturated rings. The van der Waals surface area contributed by atoms with Crippen LogP contribution in [-0.2, 0) is 4.79 Å². The summed E-state index contributed by atoms with van der Waals surface area (Å²) >= 11 is 1.87. The van der Waals surface area contributed by atoms with Crippen molar-refractivity contribution >= 4 is 17.5 Å². The Kier molecular flexibility index (Phi) is 1.42. The van der Waals surface area contributed by atoms with Crippen molar-refractivity contribution in [1.29, 1.82) is 0 Å². The van der Waals surface area contributed by atoms with Gasteiger partial charge >= 0.3 is 0 Å². The lowest BCUT2D eigenvalue weighted by atomic mass is 10.0. The van der Waals surface area contributed by atoms with Crippen LogP contribution in [0.4, 0.5) is 0 Å². The summed E-state index contributed by atoms with van der Waals surface area (Å²) in [7, 11) is 0. The summed E-state index contributed by atoms with van der Waals surface area (Å²) in [6.45, 7) is 0. The number of carbonyl (C=O) groups is 1. The van der Waals surface area contributed by atoms with Crippen LogP contribution in [0.15, 0.2) is 22.6 Å². The van der Waals surface area contributed by atoms with Crippen LogP contribution < -0.4 is 0 Å². The highest BCUT2D eigenvalue weighted by Crippen LogP contribution is 2.36. The van der Waals surface area contributed by atoms with Gasteiger partial charge in [0, 0.05) is 17.1 Å². The van der Waals surface area contributed by atoms with Crippen molar-refractivity contribution < 1.29 is 4.79 Å². The van der Waals surface area contributed by atoms with Gasteiger partial charge in [-0.1, -0.05) is 0 Å². The smallest absolute Gasteiger partial charge is 0.159 e. The van der Waals surface area contributed by atoms with Gasteiger partial charge < -0.3 is 0 Å². The molecule has 2 rings (SSSR count). The molecule has 10 heavy (non-hydrogen) atoms. The Balaban J connectivity index is 2.30. The van der Waals surface area contributed by atoms with E-state index < -0.39 is 0 Å². The normalized spacial score (nSPS) is 23.8. The van der Waals surface area contributed by atoms with Crippen molar-refractivity contribution in [2.24, 2.45) is 0 Å². The maximum absolute atomic E-state index is 10.9. The Morgan fingerprint density at radius 3 is 3.20 bits per heavy atom. The molecule has 0 amide bonds. The van der Waals surface area contributed by atoms with Crippen LogP contribution in [-0.4, -0.2) is 11.5 Å². The molecular formula is C8H8OS. The van der Waals surface area contributed by atoms with E-state index in [1.54, 1.807) is 6.08 Å². The van der Waals surface area contributed by atoms with E-state index >= 15 is 0 Å². The van der Waals surface area contributed by atoms with E-state index in [2.05, 4.69) is 0 Å². The van der Waals surface area contributed by atoms with E-state index in [0.29, 0.717) is 6.42 Å². The van der Waals surface area contributed by atoms with Gasteiger partial charge in [0.1, 0.15) is 0 Å². The molecule has 0 N–H and O–H groups in total. The molecular weight excluding hydrogens is 144 g/mol. The average Bonchev–Trinajstić information content (AvgIpc) is 2.33. The van der Waals surface area contributed by atoms with Gasteiger partial charge in [-0.15, -0.1) is 11.8 Å². The first kappa shape index (κ1) is 6.23. The van der Waals surface area contributed by atoms with Crippen LogP contribution in [0.3, 0.4) is 0 Å². The van der Waals surface area contributed by atoms with Gasteiger partial charge in [0.2, 0.25) is 0 Å². The SMILES string of the molecule is O=C1C=CC2=C(CCS2)C1. The molecule has 0 bridgehead atoms. The molecule has 0 aromatic carbocycles. The molecule has 1 aliphatic heterocycles. The third kappa shape index (κ3) is 0.926. The Labute approximate surface area is 64.2 Å². The highest BCUT2D eigenvalue weighted by molar-refractivity contribution is 8.03. The second-order valence-electron chi connectivity index (χ2n) is 2.54. The highest BCUT2D eigenvalue weighted by atomic mass is 32.2. The minimum atomic E-state index is 0.265. The summed E-state index contributed by atoms with van der Waals surface area (Å²) in [5.74, 6) is 1.43. The summed E-state index contributed by atoms with van der Waals surface area (Å²) < 4.78 is 0. The van der Waals surface area contributed by atoms with E-state index in [0.717, 1.165) is 6.42 Å². The molecule has 2 aliphatic rings. The topological polar surface area (TPSA) is 17.1 Å². The standard InChI is InChI=1S/C8H8OS/c9-7-1-2-8-6(5-7)3-4-10-8/h1-2H,3-5H2. The number of carbonyl (C=O) groups excluding carboxylic acids is 1. The fourth-order valence-electron chi connectivity index (χ4n) is 1.29. The van der Waals surface area contributed by atoms with Gasteiger partial charge in [-0.05, 0) is 24.1 Å². The predicted octanol–water partition coefficient (Wildman–Crippen LogP) is 1.91. The molecule has 0 spiro atoms. The number of rotatable bonds is 0. The fraction of sp³-hybridized carbons (Fsp3) is 0.375. The third-order valence-electron chi connectivity index (χ3n) is 1.82. The van der Waals surface area contributed by atoms with Crippen molar-refractivity contribution in [2.75, 3.05) is 5.75 Å². The van der Waals surface area contributed by atoms with Crippen molar-refractivity contribution in [3.05, 3.63) is 22.6 Å². The zero-order chi connectivity index (χ0) is 6.97. The average molecular weight is 152 g/mol. The lowest BCUT2D eigenvalue weighted by Gasteiger charge is -2.04. The summed E-state index contributed by atoms with van der Waals surface area (Å²) in [6.07, 6.45) is 5.45. The van der Waals surface area contributed by atoms with E-state index in [1.807, 2.05) is 17.8 Å². The molecule has 1 aliphatic carbocycles. The Morgan fingerprint density at radius 1 is 1.40 bits per heavy atom. The molecule has 0 unspecified atom stereocenters. The first-order valence-corrected chi connectivity index (χ1v) is 4.40. The maximum atomic E-state index is 10.9. The fourth-order valence-corrected chi connectivity index (χ4v) is 2.40. The molecule has 0 saturated heterocycles. The van der Waals surface area contributed by atoms with Gasteiger partial charge in [0.05, 0.1) is 0 Å². The van der Waals surface area contributed by atoms with Crippen LogP contribution in [0.25, 0.3) is 0 Å². The Bertz CT molecular complexity index is 238. The Hall–Kier alpha value is -0.500. The second-order valence-corrected chi connectivity index (χ2v) is 3.68. The van der Waals surface area contributed by atoms with Gasteiger partial charge in [-0.25, -0.2) is 0 Å². The summed E-state index contributed by atoms with van der Waals surface area (Å²) in [4.78, 5) is 12.2. The van der Waals surface area contributed by atoms with Crippen LogP contribution in [0.1, 0.15) is 12.8 Å². The molecule has 0 aromatic rings. The maximum Gasteiger partial charge on any atom is 0.159 e. The first-order valence-electron chi connectivity index (χ1n) is 3.42. The zero-order valence-corrected chi connectivity index (χ0v) is 6.41. The third-order valence-corrected chi connectivity index (χ3v) is 2.96. The van der Waals surface area contributed by atoms with Crippen molar-refractivity contribution in [1.82, 2.24) is 0 Å². The predicted molar refractivity (Wildman–Crippen MR) is 42.9 cm³/mol. The minimum Gasteiger partial charge on any atom is -0.294 e. The van der Waals surface area contributed by atoms with Crippen LogP contribution in [0.5, 0.6) is 0 Å². The highest BCUT2D eigenvalue weighted by Gasteiger charge is 2.18. The molecule has 1 heterocycles. The van der Waals surface area contributed by atoms with Crippen molar-refractivity contribution in [2.45, 2.75) is 12.8 Å². The van der Waals surface area contributed by atoms with E-state index in [1.165, 1.54) is 16.2 Å². The lowest BCUT2D eigenvalue weighted by molar-refractivity contribution is -0.114. The number of allylic oxidation sites excluding steroid dienone is 3. The van der Waals surface area contributed by atoms with Gasteiger partial charge in [0.25, 0.3) is 0 Å². The molecule has 2 heteroatoms. The van der Waals surface area contributed by atoms with Gasteiger partial charge in [-0.2, -0.15) is 0 Å².